The number of nitrogens with one attached hydrogen (secondary N) is 2. The number of amides is 2. The van der Waals surface area contributed by atoms with Crippen molar-refractivity contribution in [3.63, 3.8) is 0 Å². The van der Waals surface area contributed by atoms with Gasteiger partial charge in [-0.15, -0.1) is 0 Å². The van der Waals surface area contributed by atoms with Crippen molar-refractivity contribution in [3.05, 3.63) is 52.9 Å². The first-order valence-electron chi connectivity index (χ1n) is 8.48. The van der Waals surface area contributed by atoms with Gasteiger partial charge in [0.1, 0.15) is 5.75 Å². The van der Waals surface area contributed by atoms with Crippen LogP contribution in [-0.2, 0) is 14.1 Å². The van der Waals surface area contributed by atoms with Crippen molar-refractivity contribution in [3.8, 4) is 11.5 Å². The Labute approximate surface area is 151 Å². The van der Waals surface area contributed by atoms with Crippen LogP contribution in [0, 0.1) is 0 Å². The molecule has 0 unspecified atom stereocenters. The third-order valence-corrected chi connectivity index (χ3v) is 4.13. The van der Waals surface area contributed by atoms with E-state index in [1.54, 1.807) is 30.8 Å². The molecule has 0 aliphatic rings. The number of ether oxygens (including phenoxy) is 1. The Bertz CT molecular complexity index is 989. The fourth-order valence-electron chi connectivity index (χ4n) is 2.73. The fraction of sp³-hybridized carbons (Fsp3) is 0.263. The number of anilines is 1. The van der Waals surface area contributed by atoms with Gasteiger partial charge in [-0.05, 0) is 24.6 Å². The zero-order chi connectivity index (χ0) is 18.7. The van der Waals surface area contributed by atoms with Crippen LogP contribution in [0.3, 0.4) is 0 Å². The molecule has 2 aromatic carbocycles. The van der Waals surface area contributed by atoms with Gasteiger partial charge in [-0.2, -0.15) is 0 Å². The average molecular weight is 354 g/mol. The van der Waals surface area contributed by atoms with Crippen LogP contribution in [0.15, 0.2) is 47.3 Å². The predicted molar refractivity (Wildman–Crippen MR) is 102 cm³/mol. The number of hydrogen-bond acceptors (Lipinski definition) is 3. The average Bonchev–Trinajstić information content (AvgIpc) is 2.85. The zero-order valence-electron chi connectivity index (χ0n) is 15.1. The van der Waals surface area contributed by atoms with Gasteiger partial charge in [0.15, 0.2) is 5.75 Å². The van der Waals surface area contributed by atoms with Crippen LogP contribution < -0.4 is 21.1 Å². The zero-order valence-corrected chi connectivity index (χ0v) is 15.1. The van der Waals surface area contributed by atoms with Crippen molar-refractivity contribution < 1.29 is 9.53 Å². The summed E-state index contributed by atoms with van der Waals surface area (Å²) in [4.78, 5) is 24.3. The van der Waals surface area contributed by atoms with Gasteiger partial charge >= 0.3 is 11.7 Å². The van der Waals surface area contributed by atoms with Crippen LogP contribution in [0.25, 0.3) is 11.0 Å². The Morgan fingerprint density at radius 1 is 1.08 bits per heavy atom. The number of aromatic nitrogens is 2. The van der Waals surface area contributed by atoms with Gasteiger partial charge in [0.25, 0.3) is 0 Å². The number of benzene rings is 2. The van der Waals surface area contributed by atoms with E-state index in [9.17, 15) is 9.59 Å². The first-order chi connectivity index (χ1) is 12.5. The number of rotatable bonds is 5. The lowest BCUT2D eigenvalue weighted by molar-refractivity contribution is 0.252. The molecule has 0 saturated carbocycles. The fourth-order valence-corrected chi connectivity index (χ4v) is 2.73. The molecule has 3 rings (SSSR count). The van der Waals surface area contributed by atoms with Crippen molar-refractivity contribution in [2.45, 2.75) is 13.3 Å². The molecule has 0 spiro atoms. The first kappa shape index (κ1) is 17.6. The summed E-state index contributed by atoms with van der Waals surface area (Å²) < 4.78 is 9.05. The minimum atomic E-state index is -0.315. The normalized spacial score (nSPS) is 10.7. The molecular weight excluding hydrogens is 332 g/mol. The van der Waals surface area contributed by atoms with E-state index in [1.807, 2.05) is 37.3 Å². The molecule has 3 aromatic rings. The van der Waals surface area contributed by atoms with Crippen molar-refractivity contribution in [2.24, 2.45) is 14.1 Å². The van der Waals surface area contributed by atoms with Gasteiger partial charge in [-0.1, -0.05) is 25.1 Å². The van der Waals surface area contributed by atoms with Crippen LogP contribution in [0.1, 0.15) is 13.3 Å². The molecule has 136 valence electrons. The number of nitrogens with zero attached hydrogens (tertiary/aromatic N) is 2. The third-order valence-electron chi connectivity index (χ3n) is 4.13. The molecule has 0 aliphatic heterocycles. The number of carbonyl (C=O) groups excluding carboxylic acids is 1. The third kappa shape index (κ3) is 3.42. The quantitative estimate of drug-likeness (QED) is 0.739. The van der Waals surface area contributed by atoms with E-state index >= 15 is 0 Å². The molecule has 0 saturated heterocycles. The van der Waals surface area contributed by atoms with Crippen LogP contribution in [0.5, 0.6) is 11.5 Å². The Balaban J connectivity index is 2.06. The maximum absolute atomic E-state index is 12.2. The molecule has 0 bridgehead atoms. The highest BCUT2D eigenvalue weighted by Crippen LogP contribution is 2.33. The first-order valence-corrected chi connectivity index (χ1v) is 8.48. The lowest BCUT2D eigenvalue weighted by atomic mass is 10.2. The monoisotopic (exact) mass is 354 g/mol. The highest BCUT2D eigenvalue weighted by Gasteiger charge is 2.15. The molecule has 1 aromatic heterocycles. The molecule has 7 nitrogen and oxygen atoms in total. The molecule has 0 aliphatic carbocycles. The number of para-hydroxylation sites is 1. The number of urea groups is 1. The second-order valence-corrected chi connectivity index (χ2v) is 6.03. The second kappa shape index (κ2) is 7.35. The summed E-state index contributed by atoms with van der Waals surface area (Å²) in [6.07, 6.45) is 0.840. The van der Waals surface area contributed by atoms with Gasteiger partial charge in [0.2, 0.25) is 0 Å². The minimum Gasteiger partial charge on any atom is -0.455 e. The summed E-state index contributed by atoms with van der Waals surface area (Å²) in [6, 6.07) is 12.5. The number of aryl methyl sites for hydroxylation is 2. The van der Waals surface area contributed by atoms with Crippen molar-refractivity contribution in [2.75, 3.05) is 11.9 Å². The Morgan fingerprint density at radius 2 is 1.73 bits per heavy atom. The van der Waals surface area contributed by atoms with E-state index in [1.165, 1.54) is 4.57 Å². The summed E-state index contributed by atoms with van der Waals surface area (Å²) in [7, 11) is 3.40. The Kier molecular flexibility index (Phi) is 4.97. The van der Waals surface area contributed by atoms with Gasteiger partial charge in [0, 0.05) is 26.7 Å². The number of fused-ring (bicyclic) bond motifs is 1. The van der Waals surface area contributed by atoms with Crippen molar-refractivity contribution >= 4 is 22.8 Å². The predicted octanol–water partition coefficient (Wildman–Crippen LogP) is 3.20. The van der Waals surface area contributed by atoms with Crippen LogP contribution in [0.2, 0.25) is 0 Å². The van der Waals surface area contributed by atoms with Crippen molar-refractivity contribution in [1.82, 2.24) is 14.5 Å². The maximum atomic E-state index is 12.2. The topological polar surface area (TPSA) is 77.3 Å². The smallest absolute Gasteiger partial charge is 0.328 e. The van der Waals surface area contributed by atoms with Crippen LogP contribution in [0.4, 0.5) is 10.5 Å². The Hall–Kier alpha value is -3.22. The number of carbonyl (C=O) groups is 1. The van der Waals surface area contributed by atoms with E-state index in [2.05, 4.69) is 10.6 Å². The molecule has 2 amide bonds. The highest BCUT2D eigenvalue weighted by molar-refractivity contribution is 5.94. The van der Waals surface area contributed by atoms with Gasteiger partial charge in [-0.3, -0.25) is 9.13 Å². The standard InChI is InChI=1S/C19H22N4O3/c1-4-10-20-18(24)21-14-11-15-16(23(3)19(25)22(15)2)12-17(14)26-13-8-6-5-7-9-13/h5-9,11-12H,4,10H2,1-3H3,(H2,20,21,24). The molecule has 1 heterocycles. The lowest BCUT2D eigenvalue weighted by Gasteiger charge is -2.14. The summed E-state index contributed by atoms with van der Waals surface area (Å²) in [6.45, 7) is 2.56. The number of hydrogen-bond donors (Lipinski definition) is 2. The van der Waals surface area contributed by atoms with E-state index < -0.39 is 0 Å². The van der Waals surface area contributed by atoms with Gasteiger partial charge in [-0.25, -0.2) is 9.59 Å². The molecule has 0 atom stereocenters. The van der Waals surface area contributed by atoms with E-state index in [-0.39, 0.29) is 11.7 Å². The van der Waals surface area contributed by atoms with Crippen LogP contribution >= 0.6 is 0 Å². The highest BCUT2D eigenvalue weighted by atomic mass is 16.5. The molecule has 0 fully saturated rings. The molecule has 26 heavy (non-hydrogen) atoms. The molecule has 7 heteroatoms. The summed E-state index contributed by atoms with van der Waals surface area (Å²) in [5.74, 6) is 1.11. The minimum absolute atomic E-state index is 0.141. The second-order valence-electron chi connectivity index (χ2n) is 6.03. The maximum Gasteiger partial charge on any atom is 0.328 e. The van der Waals surface area contributed by atoms with E-state index in [4.69, 9.17) is 4.74 Å². The summed E-state index contributed by atoms with van der Waals surface area (Å²) in [5, 5.41) is 5.59. The summed E-state index contributed by atoms with van der Waals surface area (Å²) in [5.41, 5.74) is 1.79. The molecule has 0 radical (unpaired) electrons. The van der Waals surface area contributed by atoms with Gasteiger partial charge in [0.05, 0.1) is 16.7 Å². The number of imidazole rings is 1. The molecular formula is C19H22N4O3. The van der Waals surface area contributed by atoms with E-state index in [0.29, 0.717) is 29.2 Å². The lowest BCUT2D eigenvalue weighted by Crippen LogP contribution is -2.29. The molecule has 2 N–H and O–H groups in total. The van der Waals surface area contributed by atoms with Crippen molar-refractivity contribution in [1.29, 1.82) is 0 Å². The van der Waals surface area contributed by atoms with Gasteiger partial charge < -0.3 is 15.4 Å². The Morgan fingerprint density at radius 3 is 2.38 bits per heavy atom. The summed E-state index contributed by atoms with van der Waals surface area (Å²) >= 11 is 0. The van der Waals surface area contributed by atoms with Crippen LogP contribution in [-0.4, -0.2) is 21.7 Å². The largest absolute Gasteiger partial charge is 0.455 e. The SMILES string of the molecule is CCCNC(=O)Nc1cc2c(cc1Oc1ccccc1)n(C)c(=O)n2C. The van der Waals surface area contributed by atoms with E-state index in [0.717, 1.165) is 11.9 Å².